The SMILES string of the molecule is O=Pc1cccc(-c2c3ccccc3c(-c3ccc4ccccc4c3)c3ccccc23)c1. The zero-order valence-electron chi connectivity index (χ0n) is 17.3. The summed E-state index contributed by atoms with van der Waals surface area (Å²) < 4.78 is 11.6. The van der Waals surface area contributed by atoms with Crippen molar-refractivity contribution in [3.05, 3.63) is 115 Å². The van der Waals surface area contributed by atoms with Gasteiger partial charge in [-0.1, -0.05) is 97.1 Å². The lowest BCUT2D eigenvalue weighted by Crippen LogP contribution is -1.94. The summed E-state index contributed by atoms with van der Waals surface area (Å²) >= 11 is 0. The Morgan fingerprint density at radius 1 is 0.438 bits per heavy atom. The van der Waals surface area contributed by atoms with Gasteiger partial charge in [-0.05, 0) is 72.8 Å². The molecule has 0 radical (unpaired) electrons. The van der Waals surface area contributed by atoms with Gasteiger partial charge in [-0.15, -0.1) is 0 Å². The first-order valence-electron chi connectivity index (χ1n) is 10.7. The Balaban J connectivity index is 1.76. The van der Waals surface area contributed by atoms with Crippen molar-refractivity contribution in [2.45, 2.75) is 0 Å². The van der Waals surface area contributed by atoms with Gasteiger partial charge in [-0.3, -0.25) is 4.57 Å². The van der Waals surface area contributed by atoms with Crippen molar-refractivity contribution in [3.63, 3.8) is 0 Å². The van der Waals surface area contributed by atoms with E-state index in [4.69, 9.17) is 0 Å². The van der Waals surface area contributed by atoms with Crippen LogP contribution in [-0.4, -0.2) is 0 Å². The van der Waals surface area contributed by atoms with E-state index in [1.807, 2.05) is 18.2 Å². The Bertz CT molecular complexity index is 1590. The van der Waals surface area contributed by atoms with Gasteiger partial charge >= 0.3 is 0 Å². The Morgan fingerprint density at radius 2 is 0.969 bits per heavy atom. The summed E-state index contributed by atoms with van der Waals surface area (Å²) in [6.07, 6.45) is 0. The first kappa shape index (κ1) is 18.9. The van der Waals surface area contributed by atoms with Gasteiger partial charge in [0, 0.05) is 5.30 Å². The lowest BCUT2D eigenvalue weighted by Gasteiger charge is -2.18. The molecule has 0 bridgehead atoms. The summed E-state index contributed by atoms with van der Waals surface area (Å²) in [5.41, 5.74) is 4.74. The molecule has 0 atom stereocenters. The lowest BCUT2D eigenvalue weighted by atomic mass is 9.85. The third-order valence-corrected chi connectivity index (χ3v) is 6.70. The zero-order chi connectivity index (χ0) is 21.5. The minimum atomic E-state index is 0.0402. The summed E-state index contributed by atoms with van der Waals surface area (Å²) in [5.74, 6) is 0. The van der Waals surface area contributed by atoms with Crippen molar-refractivity contribution < 1.29 is 4.57 Å². The smallest absolute Gasteiger partial charge is 0.192 e. The summed E-state index contributed by atoms with van der Waals surface area (Å²) in [6, 6.07) is 40.5. The molecule has 0 aliphatic rings. The Kier molecular flexibility index (Phi) is 4.56. The Hall–Kier alpha value is -3.80. The van der Waals surface area contributed by atoms with Crippen molar-refractivity contribution in [1.82, 2.24) is 0 Å². The molecule has 6 aromatic rings. The molecule has 6 rings (SSSR count). The van der Waals surface area contributed by atoms with E-state index in [1.54, 1.807) is 0 Å². The fraction of sp³-hybridized carbons (Fsp3) is 0. The highest BCUT2D eigenvalue weighted by Gasteiger charge is 2.16. The number of hydrogen-bond donors (Lipinski definition) is 0. The summed E-state index contributed by atoms with van der Waals surface area (Å²) in [7, 11) is 0.0402. The van der Waals surface area contributed by atoms with E-state index >= 15 is 0 Å². The van der Waals surface area contributed by atoms with Crippen LogP contribution in [-0.2, 0) is 4.57 Å². The van der Waals surface area contributed by atoms with E-state index in [0.29, 0.717) is 0 Å². The molecule has 0 amide bonds. The van der Waals surface area contributed by atoms with Gasteiger partial charge < -0.3 is 0 Å². The van der Waals surface area contributed by atoms with Crippen LogP contribution in [0, 0.1) is 0 Å². The number of rotatable bonds is 3. The molecule has 0 N–H and O–H groups in total. The van der Waals surface area contributed by atoms with Crippen LogP contribution in [0.5, 0.6) is 0 Å². The van der Waals surface area contributed by atoms with Gasteiger partial charge in [0.05, 0.1) is 0 Å². The second-order valence-corrected chi connectivity index (χ2v) is 8.74. The summed E-state index contributed by atoms with van der Waals surface area (Å²) in [5, 5.41) is 8.13. The van der Waals surface area contributed by atoms with Crippen molar-refractivity contribution >= 4 is 46.1 Å². The van der Waals surface area contributed by atoms with E-state index < -0.39 is 0 Å². The first-order chi connectivity index (χ1) is 15.8. The second kappa shape index (κ2) is 7.71. The van der Waals surface area contributed by atoms with Crippen LogP contribution < -0.4 is 5.30 Å². The largest absolute Gasteiger partial charge is 0.269 e. The van der Waals surface area contributed by atoms with Gasteiger partial charge in [-0.2, -0.15) is 0 Å². The number of hydrogen-bond acceptors (Lipinski definition) is 1. The van der Waals surface area contributed by atoms with Crippen molar-refractivity contribution in [2.75, 3.05) is 0 Å². The highest BCUT2D eigenvalue weighted by molar-refractivity contribution is 7.34. The van der Waals surface area contributed by atoms with E-state index in [2.05, 4.69) is 97.1 Å². The van der Waals surface area contributed by atoms with E-state index in [1.165, 1.54) is 49.0 Å². The molecule has 0 heterocycles. The van der Waals surface area contributed by atoms with Crippen LogP contribution in [0.3, 0.4) is 0 Å². The molecular formula is C30H19OP. The molecule has 1 nitrogen and oxygen atoms in total. The van der Waals surface area contributed by atoms with Crippen LogP contribution >= 0.6 is 8.46 Å². The van der Waals surface area contributed by atoms with Crippen LogP contribution in [0.2, 0.25) is 0 Å². The topological polar surface area (TPSA) is 17.1 Å². The highest BCUT2D eigenvalue weighted by Crippen LogP contribution is 2.43. The molecule has 0 unspecified atom stereocenters. The van der Waals surface area contributed by atoms with Crippen LogP contribution in [0.25, 0.3) is 54.6 Å². The Labute approximate surface area is 188 Å². The second-order valence-electron chi connectivity index (χ2n) is 8.04. The van der Waals surface area contributed by atoms with Crippen LogP contribution in [0.4, 0.5) is 0 Å². The van der Waals surface area contributed by atoms with Crippen molar-refractivity contribution in [1.29, 1.82) is 0 Å². The fourth-order valence-corrected chi connectivity index (χ4v) is 5.15. The van der Waals surface area contributed by atoms with Gasteiger partial charge in [0.25, 0.3) is 0 Å². The van der Waals surface area contributed by atoms with Gasteiger partial charge in [0.15, 0.2) is 8.46 Å². The quantitative estimate of drug-likeness (QED) is 0.205. The number of fused-ring (bicyclic) bond motifs is 3. The third kappa shape index (κ3) is 3.02. The van der Waals surface area contributed by atoms with Crippen LogP contribution in [0.1, 0.15) is 0 Å². The van der Waals surface area contributed by atoms with Crippen LogP contribution in [0.15, 0.2) is 115 Å². The molecule has 150 valence electrons. The predicted octanol–water partition coefficient (Wildman–Crippen LogP) is 8.40. The molecular weight excluding hydrogens is 407 g/mol. The summed E-state index contributed by atoms with van der Waals surface area (Å²) in [6.45, 7) is 0. The molecule has 0 fully saturated rings. The van der Waals surface area contributed by atoms with Gasteiger partial charge in [-0.25, -0.2) is 0 Å². The molecule has 32 heavy (non-hydrogen) atoms. The molecule has 0 aliphatic carbocycles. The molecule has 6 aromatic carbocycles. The lowest BCUT2D eigenvalue weighted by molar-refractivity contribution is 0.603. The molecule has 2 heteroatoms. The molecule has 0 saturated heterocycles. The third-order valence-electron chi connectivity index (χ3n) is 6.21. The summed E-state index contributed by atoms with van der Waals surface area (Å²) in [4.78, 5) is 0. The van der Waals surface area contributed by atoms with Gasteiger partial charge in [0.2, 0.25) is 0 Å². The zero-order valence-corrected chi connectivity index (χ0v) is 18.2. The molecule has 0 aromatic heterocycles. The average molecular weight is 426 g/mol. The minimum absolute atomic E-state index is 0.0402. The maximum atomic E-state index is 11.6. The van der Waals surface area contributed by atoms with Gasteiger partial charge in [0.1, 0.15) is 0 Å². The van der Waals surface area contributed by atoms with Crippen molar-refractivity contribution in [2.24, 2.45) is 0 Å². The van der Waals surface area contributed by atoms with E-state index in [0.717, 1.165) is 10.9 Å². The predicted molar refractivity (Wildman–Crippen MR) is 137 cm³/mol. The first-order valence-corrected chi connectivity index (χ1v) is 11.5. The standard InChI is InChI=1S/C30H19OP/c31-32-24-11-7-10-22(19-24)29-25-12-3-5-14-27(25)30(28-15-6-4-13-26(28)29)23-17-16-20-8-1-2-9-21(20)18-23/h1-19H. The molecule has 0 saturated carbocycles. The highest BCUT2D eigenvalue weighted by atomic mass is 31.1. The van der Waals surface area contributed by atoms with Crippen molar-refractivity contribution in [3.8, 4) is 22.3 Å². The average Bonchev–Trinajstić information content (AvgIpc) is 2.87. The normalized spacial score (nSPS) is 11.5. The van der Waals surface area contributed by atoms with E-state index in [-0.39, 0.29) is 8.46 Å². The van der Waals surface area contributed by atoms with E-state index in [9.17, 15) is 4.57 Å². The minimum Gasteiger partial charge on any atom is -0.269 e. The monoisotopic (exact) mass is 426 g/mol. The maximum absolute atomic E-state index is 11.6. The molecule has 0 spiro atoms. The fourth-order valence-electron chi connectivity index (χ4n) is 4.81. The number of benzene rings is 6. The maximum Gasteiger partial charge on any atom is 0.192 e. The molecule has 0 aliphatic heterocycles. The Morgan fingerprint density at radius 3 is 1.56 bits per heavy atom.